The Morgan fingerprint density at radius 1 is 1.18 bits per heavy atom. The van der Waals surface area contributed by atoms with Crippen LogP contribution in [0.1, 0.15) is 5.56 Å². The minimum absolute atomic E-state index is 0.191. The van der Waals surface area contributed by atoms with Gasteiger partial charge in [-0.25, -0.2) is 4.79 Å². The van der Waals surface area contributed by atoms with Crippen molar-refractivity contribution in [2.75, 3.05) is 49.5 Å². The zero-order valence-corrected chi connectivity index (χ0v) is 17.8. The molecule has 0 saturated carbocycles. The number of carbonyl (C=O) groups excluding carboxylic acids is 1. The number of hydrogen-bond donors (Lipinski definition) is 3. The predicted octanol–water partition coefficient (Wildman–Crippen LogP) is 2.17. The quantitative estimate of drug-likeness (QED) is 0.627. The molecule has 3 N–H and O–H groups in total. The number of halogens is 3. The van der Waals surface area contributed by atoms with Gasteiger partial charge < -0.3 is 25.4 Å². The maximum absolute atomic E-state index is 13.0. The van der Waals surface area contributed by atoms with Crippen LogP contribution in [0, 0.1) is 0 Å². The minimum Gasteiger partial charge on any atom is -0.388 e. The Hall–Kier alpha value is -2.89. The second-order valence-electron chi connectivity index (χ2n) is 8.14. The smallest absolute Gasteiger partial charge is 0.388 e. The number of nitrogens with zero attached hydrogens (tertiary/aromatic N) is 3. The van der Waals surface area contributed by atoms with E-state index in [2.05, 4.69) is 20.5 Å². The van der Waals surface area contributed by atoms with Crippen molar-refractivity contribution in [3.63, 3.8) is 0 Å². The molecule has 0 bridgehead atoms. The Labute approximate surface area is 189 Å². The van der Waals surface area contributed by atoms with Crippen LogP contribution in [0.2, 0.25) is 0 Å². The van der Waals surface area contributed by atoms with Crippen LogP contribution in [0.3, 0.4) is 0 Å². The lowest BCUT2D eigenvalue weighted by atomic mass is 10.1. The Balaban J connectivity index is 1.24. The molecule has 1 aromatic carbocycles. The lowest BCUT2D eigenvalue weighted by Gasteiger charge is -2.37. The number of amides is 2. The first-order chi connectivity index (χ1) is 15.8. The van der Waals surface area contributed by atoms with Crippen LogP contribution >= 0.6 is 0 Å². The number of urea groups is 1. The number of ether oxygens (including phenoxy) is 1. The van der Waals surface area contributed by atoms with Crippen molar-refractivity contribution in [2.45, 2.75) is 24.4 Å². The molecule has 4 rings (SSSR count). The second-order valence-corrected chi connectivity index (χ2v) is 8.14. The number of aliphatic hydroxyl groups is 1. The zero-order valence-electron chi connectivity index (χ0n) is 17.8. The van der Waals surface area contributed by atoms with Gasteiger partial charge in [-0.2, -0.15) is 13.2 Å². The Morgan fingerprint density at radius 3 is 2.67 bits per heavy atom. The topological polar surface area (TPSA) is 90.0 Å². The molecule has 0 aliphatic carbocycles. The fourth-order valence-corrected chi connectivity index (χ4v) is 4.07. The maximum atomic E-state index is 13.0. The van der Waals surface area contributed by atoms with Gasteiger partial charge in [-0.1, -0.05) is 6.07 Å². The number of alkyl halides is 3. The van der Waals surface area contributed by atoms with Gasteiger partial charge in [0.1, 0.15) is 6.10 Å². The van der Waals surface area contributed by atoms with Crippen molar-refractivity contribution >= 4 is 17.4 Å². The van der Waals surface area contributed by atoms with Gasteiger partial charge in [0.2, 0.25) is 0 Å². The molecule has 0 radical (unpaired) electrons. The van der Waals surface area contributed by atoms with Crippen LogP contribution in [0.4, 0.5) is 29.3 Å². The third kappa shape index (κ3) is 5.92. The normalized spacial score (nSPS) is 24.0. The molecular weight excluding hydrogens is 439 g/mol. The first kappa shape index (κ1) is 23.3. The highest BCUT2D eigenvalue weighted by Crippen LogP contribution is 2.32. The summed E-state index contributed by atoms with van der Waals surface area (Å²) < 4.78 is 44.7. The van der Waals surface area contributed by atoms with Crippen LogP contribution in [-0.2, 0) is 10.9 Å². The molecule has 0 spiro atoms. The number of piperazine rings is 1. The van der Waals surface area contributed by atoms with Crippen molar-refractivity contribution in [2.24, 2.45) is 0 Å². The van der Waals surface area contributed by atoms with Gasteiger partial charge in [0.15, 0.2) is 0 Å². The number of pyridine rings is 1. The standard InChI is InChI=1S/C22H26F3N5O3/c23-22(24,25)15-3-1-5-17(11-15)30-9-7-29(8-10-30)13-19-20(31)18(14-33-19)28-21(32)27-16-4-2-6-26-12-16/h1-6,11-12,18-20,31H,7-10,13-14H2,(H2,27,28,32)/t18-,19-,20+/m0/s1. The highest BCUT2D eigenvalue weighted by molar-refractivity contribution is 5.89. The number of aromatic nitrogens is 1. The van der Waals surface area contributed by atoms with Crippen molar-refractivity contribution in [1.29, 1.82) is 0 Å². The second kappa shape index (κ2) is 9.94. The van der Waals surface area contributed by atoms with Gasteiger partial charge in [-0.05, 0) is 30.3 Å². The van der Waals surface area contributed by atoms with Gasteiger partial charge in [0, 0.05) is 44.6 Å². The van der Waals surface area contributed by atoms with Crippen molar-refractivity contribution in [3.8, 4) is 0 Å². The van der Waals surface area contributed by atoms with E-state index in [1.807, 2.05) is 4.90 Å². The van der Waals surface area contributed by atoms with Crippen molar-refractivity contribution in [1.82, 2.24) is 15.2 Å². The predicted molar refractivity (Wildman–Crippen MR) is 116 cm³/mol. The average Bonchev–Trinajstić information content (AvgIpc) is 3.13. The lowest BCUT2D eigenvalue weighted by molar-refractivity contribution is -0.137. The van der Waals surface area contributed by atoms with Crippen LogP contribution in [0.5, 0.6) is 0 Å². The number of aliphatic hydroxyl groups excluding tert-OH is 1. The Kier molecular flexibility index (Phi) is 7.01. The molecule has 2 amide bonds. The summed E-state index contributed by atoms with van der Waals surface area (Å²) in [5.74, 6) is 0. The van der Waals surface area contributed by atoms with Gasteiger partial charge in [-0.3, -0.25) is 9.88 Å². The molecule has 2 aliphatic rings. The van der Waals surface area contributed by atoms with Gasteiger partial charge in [0.25, 0.3) is 0 Å². The molecule has 1 aromatic heterocycles. The first-order valence-electron chi connectivity index (χ1n) is 10.7. The molecular formula is C22H26F3N5O3. The van der Waals surface area contributed by atoms with Crippen LogP contribution in [0.25, 0.3) is 0 Å². The van der Waals surface area contributed by atoms with Crippen molar-refractivity contribution < 1.29 is 27.8 Å². The van der Waals surface area contributed by atoms with E-state index in [0.717, 1.165) is 6.07 Å². The van der Waals surface area contributed by atoms with Crippen LogP contribution < -0.4 is 15.5 Å². The van der Waals surface area contributed by atoms with E-state index in [4.69, 9.17) is 4.74 Å². The monoisotopic (exact) mass is 465 g/mol. The highest BCUT2D eigenvalue weighted by Gasteiger charge is 2.38. The van der Waals surface area contributed by atoms with Gasteiger partial charge in [-0.15, -0.1) is 0 Å². The molecule has 2 aliphatic heterocycles. The summed E-state index contributed by atoms with van der Waals surface area (Å²) in [7, 11) is 0. The fraction of sp³-hybridized carbons (Fsp3) is 0.455. The lowest BCUT2D eigenvalue weighted by Crippen LogP contribution is -2.51. The average molecular weight is 465 g/mol. The number of anilines is 2. The molecule has 2 saturated heterocycles. The molecule has 3 atom stereocenters. The maximum Gasteiger partial charge on any atom is 0.416 e. The summed E-state index contributed by atoms with van der Waals surface area (Å²) in [6.07, 6.45) is -2.59. The molecule has 33 heavy (non-hydrogen) atoms. The van der Waals surface area contributed by atoms with Gasteiger partial charge >= 0.3 is 12.2 Å². The summed E-state index contributed by atoms with van der Waals surface area (Å²) in [6, 6.07) is 7.75. The molecule has 3 heterocycles. The summed E-state index contributed by atoms with van der Waals surface area (Å²) in [6.45, 7) is 3.06. The molecule has 11 heteroatoms. The van der Waals surface area contributed by atoms with E-state index < -0.39 is 36.0 Å². The van der Waals surface area contributed by atoms with Crippen LogP contribution in [-0.4, -0.2) is 78.6 Å². The molecule has 2 aromatic rings. The molecule has 0 unspecified atom stereocenters. The summed E-state index contributed by atoms with van der Waals surface area (Å²) >= 11 is 0. The Bertz CT molecular complexity index is 938. The molecule has 178 valence electrons. The van der Waals surface area contributed by atoms with E-state index in [0.29, 0.717) is 44.1 Å². The van der Waals surface area contributed by atoms with Crippen LogP contribution in [0.15, 0.2) is 48.8 Å². The summed E-state index contributed by atoms with van der Waals surface area (Å²) in [4.78, 5) is 20.1. The number of hydrogen-bond acceptors (Lipinski definition) is 6. The van der Waals surface area contributed by atoms with E-state index in [-0.39, 0.29) is 6.61 Å². The van der Waals surface area contributed by atoms with Crippen molar-refractivity contribution in [3.05, 3.63) is 54.4 Å². The Morgan fingerprint density at radius 2 is 1.97 bits per heavy atom. The third-order valence-corrected chi connectivity index (χ3v) is 5.87. The summed E-state index contributed by atoms with van der Waals surface area (Å²) in [5.41, 5.74) is 0.431. The van der Waals surface area contributed by atoms with E-state index >= 15 is 0 Å². The molecule has 2 fully saturated rings. The molecule has 8 nitrogen and oxygen atoms in total. The number of benzene rings is 1. The van der Waals surface area contributed by atoms with Gasteiger partial charge in [0.05, 0.1) is 36.2 Å². The largest absolute Gasteiger partial charge is 0.416 e. The highest BCUT2D eigenvalue weighted by atomic mass is 19.4. The minimum atomic E-state index is -4.37. The zero-order chi connectivity index (χ0) is 23.4. The number of rotatable bonds is 5. The van der Waals surface area contributed by atoms with E-state index in [1.54, 1.807) is 24.4 Å². The fourth-order valence-electron chi connectivity index (χ4n) is 4.07. The van der Waals surface area contributed by atoms with E-state index in [1.165, 1.54) is 18.3 Å². The first-order valence-corrected chi connectivity index (χ1v) is 10.7. The van der Waals surface area contributed by atoms with E-state index in [9.17, 15) is 23.1 Å². The third-order valence-electron chi connectivity index (χ3n) is 5.87. The summed E-state index contributed by atoms with van der Waals surface area (Å²) in [5, 5.41) is 16.0. The number of nitrogens with one attached hydrogen (secondary N) is 2. The SMILES string of the molecule is O=C(Nc1cccnc1)N[C@H]1CO[C@@H](CN2CCN(c3cccc(C(F)(F)F)c3)CC2)[C@@H]1O. The number of carbonyl (C=O) groups is 1.